The molecule has 1 rings (SSSR count). The predicted molar refractivity (Wildman–Crippen MR) is 70.1 cm³/mol. The maximum absolute atomic E-state index is 11.9. The van der Waals surface area contributed by atoms with Crippen molar-refractivity contribution < 1.29 is 47.7 Å². The Kier molecular flexibility index (Phi) is 7.52. The fourth-order valence-electron chi connectivity index (χ4n) is 0.739. The van der Waals surface area contributed by atoms with E-state index in [0.717, 1.165) is 4.13 Å². The molecule has 3 N–H and O–H groups in total. The average Bonchev–Trinajstić information content (AvgIpc) is 2.36. The lowest BCUT2D eigenvalue weighted by atomic mass is 10.4. The van der Waals surface area contributed by atoms with Crippen molar-refractivity contribution in [1.82, 2.24) is 4.13 Å². The second-order valence-electron chi connectivity index (χ2n) is 3.61. The molecule has 0 radical (unpaired) electrons. The Labute approximate surface area is 135 Å². The van der Waals surface area contributed by atoms with E-state index in [2.05, 4.69) is 5.14 Å². The number of rotatable bonds is 3. The average molecular weight is 422 g/mol. The third kappa shape index (κ3) is 7.22. The topological polar surface area (TPSA) is 129 Å². The maximum Gasteiger partial charge on any atom is 0.515 e. The highest BCUT2D eigenvalue weighted by atomic mass is 32.3. The fourth-order valence-corrected chi connectivity index (χ4v) is 2.70. The molecule has 0 bridgehead atoms. The Bertz CT molecular complexity index is 732. The minimum atomic E-state index is -5.60. The lowest BCUT2D eigenvalue weighted by molar-refractivity contribution is -0.0445. The van der Waals surface area contributed by atoms with Crippen molar-refractivity contribution in [3.63, 3.8) is 0 Å². The molecule has 0 aliphatic rings. The van der Waals surface area contributed by atoms with Gasteiger partial charge in [-0.25, -0.2) is 13.6 Å². The summed E-state index contributed by atoms with van der Waals surface area (Å²) < 4.78 is 120. The van der Waals surface area contributed by atoms with Gasteiger partial charge in [-0.3, -0.25) is 0 Å². The van der Waals surface area contributed by atoms with Crippen LogP contribution in [0.3, 0.4) is 0 Å². The number of primary sulfonamides is 1. The summed E-state index contributed by atoms with van der Waals surface area (Å²) in [4.78, 5) is -0.0599. The molecule has 140 valence electrons. The van der Waals surface area contributed by atoms with E-state index < -0.39 is 42.4 Å². The van der Waals surface area contributed by atoms with E-state index in [1.807, 2.05) is 0 Å². The van der Waals surface area contributed by atoms with Crippen LogP contribution in [0.4, 0.5) is 26.3 Å². The summed E-state index contributed by atoms with van der Waals surface area (Å²) in [7, 11) is -10.9. The molecule has 0 aliphatic carbocycles. The molecule has 0 saturated carbocycles. The van der Waals surface area contributed by atoms with Crippen LogP contribution in [0.1, 0.15) is 0 Å². The van der Waals surface area contributed by atoms with Crippen LogP contribution in [-0.2, 0) is 31.4 Å². The summed E-state index contributed by atoms with van der Waals surface area (Å²) >= 11 is -2.46. The van der Waals surface area contributed by atoms with Crippen LogP contribution in [0.15, 0.2) is 35.2 Å². The van der Waals surface area contributed by atoms with Gasteiger partial charge in [0.15, 0.2) is 4.90 Å². The van der Waals surface area contributed by atoms with E-state index in [9.17, 15) is 47.7 Å². The lowest BCUT2D eigenvalue weighted by Gasteiger charge is -2.12. The van der Waals surface area contributed by atoms with Gasteiger partial charge in [-0.15, -0.1) is 0 Å². The SMILES string of the molecule is NS(=O)(=O)C(F)(F)F.O=S(=O)(N[S+]([O-])c1ccccc1)C(F)(F)F. The van der Waals surface area contributed by atoms with Crippen molar-refractivity contribution in [1.29, 1.82) is 0 Å². The molecular weight excluding hydrogens is 414 g/mol. The molecule has 16 heteroatoms. The molecule has 0 amide bonds. The van der Waals surface area contributed by atoms with Crippen LogP contribution in [-0.4, -0.2) is 32.4 Å². The third-order valence-corrected chi connectivity index (χ3v) is 5.21. The minimum absolute atomic E-state index is 0.0599. The number of alkyl halides is 6. The maximum atomic E-state index is 11.9. The predicted octanol–water partition coefficient (Wildman–Crippen LogP) is 0.943. The Balaban J connectivity index is 0.000000561. The van der Waals surface area contributed by atoms with Crippen molar-refractivity contribution in [3.05, 3.63) is 30.3 Å². The summed E-state index contributed by atoms with van der Waals surface area (Å²) in [6.45, 7) is 0. The van der Waals surface area contributed by atoms with Crippen LogP contribution in [0, 0.1) is 0 Å². The van der Waals surface area contributed by atoms with Gasteiger partial charge in [-0.05, 0) is 16.3 Å². The van der Waals surface area contributed by atoms with Crippen LogP contribution >= 0.6 is 0 Å². The second-order valence-corrected chi connectivity index (χ2v) is 8.30. The third-order valence-electron chi connectivity index (χ3n) is 1.77. The van der Waals surface area contributed by atoms with Gasteiger partial charge < -0.3 is 4.55 Å². The molecule has 7 nitrogen and oxygen atoms in total. The van der Waals surface area contributed by atoms with Crippen LogP contribution < -0.4 is 9.27 Å². The van der Waals surface area contributed by atoms with Gasteiger partial charge in [-0.2, -0.15) is 34.8 Å². The first kappa shape index (κ1) is 22.9. The van der Waals surface area contributed by atoms with Gasteiger partial charge >= 0.3 is 31.1 Å². The monoisotopic (exact) mass is 422 g/mol. The van der Waals surface area contributed by atoms with E-state index in [4.69, 9.17) is 0 Å². The minimum Gasteiger partial charge on any atom is -0.592 e. The number of nitrogens with two attached hydrogens (primary N) is 1. The molecule has 24 heavy (non-hydrogen) atoms. The molecule has 0 aromatic heterocycles. The standard InChI is InChI=1S/C7H6F3NO3S2.CH2F3NO2S/c8-7(9,10)16(13,14)11-15(12)6-4-2-1-3-5-6;2-1(3,4)8(5,6)7/h1-5,11H;(H2,5,6,7). The lowest BCUT2D eigenvalue weighted by Crippen LogP contribution is -2.40. The molecule has 1 aromatic carbocycles. The second kappa shape index (κ2) is 7.87. The highest BCUT2D eigenvalue weighted by Crippen LogP contribution is 2.23. The molecule has 0 spiro atoms. The molecule has 0 aliphatic heterocycles. The van der Waals surface area contributed by atoms with Gasteiger partial charge in [0, 0.05) is 0 Å². The van der Waals surface area contributed by atoms with Gasteiger partial charge in [0.05, 0.1) is 11.4 Å². The summed E-state index contributed by atoms with van der Waals surface area (Å²) in [5.41, 5.74) is -10.8. The summed E-state index contributed by atoms with van der Waals surface area (Å²) in [6, 6.07) is 6.90. The number of hydrogen-bond acceptors (Lipinski definition) is 5. The van der Waals surface area contributed by atoms with Crippen LogP contribution in [0.2, 0.25) is 0 Å². The highest BCUT2D eigenvalue weighted by molar-refractivity contribution is 8.05. The molecular formula is C8H8F6N2O5S3. The summed E-state index contributed by atoms with van der Waals surface area (Å²) in [6.07, 6.45) is 0. The van der Waals surface area contributed by atoms with Crippen molar-refractivity contribution in [3.8, 4) is 0 Å². The van der Waals surface area contributed by atoms with Gasteiger partial charge in [0.2, 0.25) is 0 Å². The number of benzene rings is 1. The van der Waals surface area contributed by atoms with E-state index in [-0.39, 0.29) is 4.90 Å². The zero-order valence-corrected chi connectivity index (χ0v) is 13.4. The zero-order chi connectivity index (χ0) is 19.4. The highest BCUT2D eigenvalue weighted by Gasteiger charge is 2.49. The van der Waals surface area contributed by atoms with Gasteiger partial charge in [0.25, 0.3) is 0 Å². The molecule has 1 unspecified atom stereocenters. The van der Waals surface area contributed by atoms with E-state index in [0.29, 0.717) is 0 Å². The summed E-state index contributed by atoms with van der Waals surface area (Å²) in [5, 5.41) is 3.66. The van der Waals surface area contributed by atoms with Crippen molar-refractivity contribution in [2.45, 2.75) is 15.9 Å². The van der Waals surface area contributed by atoms with Gasteiger partial charge in [-0.1, -0.05) is 18.2 Å². The molecule has 0 heterocycles. The number of sulfonamides is 2. The van der Waals surface area contributed by atoms with Crippen molar-refractivity contribution in [2.75, 3.05) is 0 Å². The normalized spacial score (nSPS) is 14.5. The van der Waals surface area contributed by atoms with Crippen LogP contribution in [0.25, 0.3) is 0 Å². The van der Waals surface area contributed by atoms with Crippen molar-refractivity contribution >= 4 is 31.4 Å². The Morgan fingerprint density at radius 1 is 0.917 bits per heavy atom. The first-order valence-electron chi connectivity index (χ1n) is 5.13. The number of nitrogens with one attached hydrogen (secondary N) is 1. The van der Waals surface area contributed by atoms with Crippen LogP contribution in [0.5, 0.6) is 0 Å². The number of hydrogen-bond donors (Lipinski definition) is 2. The quantitative estimate of drug-likeness (QED) is 0.553. The Hall–Kier alpha value is -1.07. The molecule has 0 saturated heterocycles. The smallest absolute Gasteiger partial charge is 0.515 e. The van der Waals surface area contributed by atoms with E-state index in [1.54, 1.807) is 6.07 Å². The molecule has 1 aromatic rings. The fraction of sp³-hybridized carbons (Fsp3) is 0.250. The Morgan fingerprint density at radius 2 is 1.29 bits per heavy atom. The number of halogens is 6. The van der Waals surface area contributed by atoms with Crippen molar-refractivity contribution in [2.24, 2.45) is 5.14 Å². The van der Waals surface area contributed by atoms with E-state index in [1.165, 1.54) is 24.3 Å². The Morgan fingerprint density at radius 3 is 1.58 bits per heavy atom. The first-order valence-corrected chi connectivity index (χ1v) is 9.31. The summed E-state index contributed by atoms with van der Waals surface area (Å²) in [5.74, 6) is 0. The molecule has 1 atom stereocenters. The van der Waals surface area contributed by atoms with E-state index >= 15 is 0 Å². The molecule has 0 fully saturated rings. The first-order chi connectivity index (χ1) is 10.5. The zero-order valence-electron chi connectivity index (χ0n) is 11.0. The van der Waals surface area contributed by atoms with Gasteiger partial charge in [0.1, 0.15) is 0 Å². The largest absolute Gasteiger partial charge is 0.592 e.